The van der Waals surface area contributed by atoms with Crippen molar-refractivity contribution in [1.29, 1.82) is 0 Å². The SMILES string of the molecule is CCCCCCCCCCCCCCCCCCOc1ccc2ccc(=O)oc2c1. The van der Waals surface area contributed by atoms with Crippen molar-refractivity contribution in [3.05, 3.63) is 40.8 Å². The fourth-order valence-electron chi connectivity index (χ4n) is 3.97. The molecule has 3 nitrogen and oxygen atoms in total. The Balaban J connectivity index is 1.36. The van der Waals surface area contributed by atoms with Gasteiger partial charge >= 0.3 is 5.63 Å². The van der Waals surface area contributed by atoms with Crippen molar-refractivity contribution in [2.24, 2.45) is 0 Å². The molecule has 0 aliphatic carbocycles. The Morgan fingerprint density at radius 3 is 1.73 bits per heavy atom. The first-order valence-electron chi connectivity index (χ1n) is 12.5. The maximum Gasteiger partial charge on any atom is 0.336 e. The summed E-state index contributed by atoms with van der Waals surface area (Å²) in [4.78, 5) is 11.3. The van der Waals surface area contributed by atoms with Gasteiger partial charge in [-0.15, -0.1) is 0 Å². The molecule has 1 heterocycles. The third-order valence-electron chi connectivity index (χ3n) is 5.86. The Labute approximate surface area is 183 Å². The second-order valence-electron chi connectivity index (χ2n) is 8.61. The van der Waals surface area contributed by atoms with Crippen molar-refractivity contribution >= 4 is 11.0 Å². The number of hydrogen-bond acceptors (Lipinski definition) is 3. The smallest absolute Gasteiger partial charge is 0.336 e. The van der Waals surface area contributed by atoms with Crippen molar-refractivity contribution in [1.82, 2.24) is 0 Å². The summed E-state index contributed by atoms with van der Waals surface area (Å²) in [5.41, 5.74) is 0.268. The van der Waals surface area contributed by atoms with E-state index >= 15 is 0 Å². The maximum atomic E-state index is 11.3. The molecule has 2 aromatic rings. The molecule has 2 rings (SSSR count). The molecule has 0 aliphatic heterocycles. The van der Waals surface area contributed by atoms with E-state index in [9.17, 15) is 4.79 Å². The van der Waals surface area contributed by atoms with Gasteiger partial charge < -0.3 is 9.15 Å². The Bertz CT molecular complexity index is 734. The summed E-state index contributed by atoms with van der Waals surface area (Å²) in [7, 11) is 0. The monoisotopic (exact) mass is 414 g/mol. The largest absolute Gasteiger partial charge is 0.493 e. The Hall–Kier alpha value is -1.77. The Morgan fingerprint density at radius 1 is 0.667 bits per heavy atom. The molecule has 0 spiro atoms. The molecule has 0 N–H and O–H groups in total. The lowest BCUT2D eigenvalue weighted by molar-refractivity contribution is 0.304. The molecule has 0 saturated carbocycles. The highest BCUT2D eigenvalue weighted by atomic mass is 16.5. The molecule has 0 unspecified atom stereocenters. The van der Waals surface area contributed by atoms with Crippen LogP contribution in [-0.4, -0.2) is 6.61 Å². The van der Waals surface area contributed by atoms with Gasteiger partial charge in [0, 0.05) is 17.5 Å². The van der Waals surface area contributed by atoms with Gasteiger partial charge in [0.1, 0.15) is 11.3 Å². The van der Waals surface area contributed by atoms with Crippen LogP contribution in [0.5, 0.6) is 5.75 Å². The number of ether oxygens (including phenoxy) is 1. The van der Waals surface area contributed by atoms with Crippen LogP contribution in [0.3, 0.4) is 0 Å². The fraction of sp³-hybridized carbons (Fsp3) is 0.667. The van der Waals surface area contributed by atoms with E-state index in [0.29, 0.717) is 5.58 Å². The lowest BCUT2D eigenvalue weighted by Crippen LogP contribution is -1.98. The van der Waals surface area contributed by atoms with Gasteiger partial charge in [-0.3, -0.25) is 0 Å². The van der Waals surface area contributed by atoms with E-state index in [-0.39, 0.29) is 5.63 Å². The van der Waals surface area contributed by atoms with Crippen molar-refractivity contribution in [3.63, 3.8) is 0 Å². The summed E-state index contributed by atoms with van der Waals surface area (Å²) in [6, 6.07) is 8.90. The van der Waals surface area contributed by atoms with Crippen LogP contribution < -0.4 is 10.4 Å². The molecule has 1 aromatic carbocycles. The highest BCUT2D eigenvalue weighted by molar-refractivity contribution is 5.77. The summed E-state index contributed by atoms with van der Waals surface area (Å²) in [6.45, 7) is 3.01. The van der Waals surface area contributed by atoms with Crippen molar-refractivity contribution in [2.75, 3.05) is 6.61 Å². The molecule has 168 valence electrons. The average molecular weight is 415 g/mol. The number of unbranched alkanes of at least 4 members (excludes halogenated alkanes) is 15. The second-order valence-corrected chi connectivity index (χ2v) is 8.61. The summed E-state index contributed by atoms with van der Waals surface area (Å²) in [6.07, 6.45) is 22.0. The third-order valence-corrected chi connectivity index (χ3v) is 5.86. The summed E-state index contributed by atoms with van der Waals surface area (Å²) in [5, 5.41) is 0.921. The van der Waals surface area contributed by atoms with E-state index in [1.165, 1.54) is 102 Å². The van der Waals surface area contributed by atoms with Crippen LogP contribution in [0.1, 0.15) is 110 Å². The van der Waals surface area contributed by atoms with Crippen molar-refractivity contribution in [3.8, 4) is 5.75 Å². The van der Waals surface area contributed by atoms with Gasteiger partial charge in [-0.25, -0.2) is 4.79 Å². The van der Waals surface area contributed by atoms with Crippen LogP contribution >= 0.6 is 0 Å². The van der Waals surface area contributed by atoms with Gasteiger partial charge in [-0.05, 0) is 24.6 Å². The van der Waals surface area contributed by atoms with Crippen LogP contribution in [0.4, 0.5) is 0 Å². The lowest BCUT2D eigenvalue weighted by atomic mass is 10.0. The first-order chi connectivity index (χ1) is 14.8. The molecule has 0 aliphatic rings. The minimum atomic E-state index is -0.322. The van der Waals surface area contributed by atoms with Gasteiger partial charge in [-0.2, -0.15) is 0 Å². The average Bonchev–Trinajstić information content (AvgIpc) is 2.75. The molecule has 0 bridgehead atoms. The Morgan fingerprint density at radius 2 is 1.17 bits per heavy atom. The van der Waals surface area contributed by atoms with Gasteiger partial charge in [0.05, 0.1) is 6.61 Å². The third kappa shape index (κ3) is 10.8. The summed E-state index contributed by atoms with van der Waals surface area (Å²) < 4.78 is 11.0. The van der Waals surface area contributed by atoms with E-state index in [1.54, 1.807) is 6.07 Å². The lowest BCUT2D eigenvalue weighted by Gasteiger charge is -2.07. The topological polar surface area (TPSA) is 39.4 Å². The van der Waals surface area contributed by atoms with E-state index in [2.05, 4.69) is 6.92 Å². The molecule has 30 heavy (non-hydrogen) atoms. The van der Waals surface area contributed by atoms with Gasteiger partial charge in [-0.1, -0.05) is 103 Å². The normalized spacial score (nSPS) is 11.2. The van der Waals surface area contributed by atoms with Crippen LogP contribution in [0.25, 0.3) is 11.0 Å². The maximum absolute atomic E-state index is 11.3. The molecule has 0 fully saturated rings. The fourth-order valence-corrected chi connectivity index (χ4v) is 3.97. The van der Waals surface area contributed by atoms with Crippen LogP contribution in [0, 0.1) is 0 Å². The molecule has 0 saturated heterocycles. The summed E-state index contributed by atoms with van der Waals surface area (Å²) in [5.74, 6) is 0.776. The standard InChI is InChI=1S/C27H42O3/c1-2-3-4-5-6-7-8-9-10-11-12-13-14-15-16-17-22-29-25-20-18-24-19-21-27(28)30-26(24)23-25/h18-21,23H,2-17,22H2,1H3. The molecular weight excluding hydrogens is 372 g/mol. The van der Waals surface area contributed by atoms with Crippen LogP contribution in [0.15, 0.2) is 39.5 Å². The first kappa shape index (κ1) is 24.5. The number of fused-ring (bicyclic) bond motifs is 1. The van der Waals surface area contributed by atoms with Crippen LogP contribution in [-0.2, 0) is 0 Å². The molecule has 0 atom stereocenters. The second kappa shape index (κ2) is 16.0. The van der Waals surface area contributed by atoms with Crippen LogP contribution in [0.2, 0.25) is 0 Å². The predicted octanol–water partition coefficient (Wildman–Crippen LogP) is 8.43. The number of rotatable bonds is 18. The Kier molecular flexibility index (Phi) is 13.1. The van der Waals surface area contributed by atoms with Crippen molar-refractivity contribution in [2.45, 2.75) is 110 Å². The summed E-state index contributed by atoms with van der Waals surface area (Å²) >= 11 is 0. The van der Waals surface area contributed by atoms with E-state index in [0.717, 1.165) is 24.2 Å². The minimum Gasteiger partial charge on any atom is -0.493 e. The van der Waals surface area contributed by atoms with Gasteiger partial charge in [0.15, 0.2) is 0 Å². The van der Waals surface area contributed by atoms with E-state index in [1.807, 2.05) is 18.2 Å². The van der Waals surface area contributed by atoms with E-state index < -0.39 is 0 Å². The highest BCUT2D eigenvalue weighted by Gasteiger charge is 2.01. The zero-order valence-corrected chi connectivity index (χ0v) is 19.1. The molecule has 3 heteroatoms. The molecule has 0 radical (unpaired) electrons. The van der Waals surface area contributed by atoms with Gasteiger partial charge in [0.25, 0.3) is 0 Å². The zero-order chi connectivity index (χ0) is 21.3. The van der Waals surface area contributed by atoms with E-state index in [4.69, 9.17) is 9.15 Å². The number of benzene rings is 1. The molecule has 0 amide bonds. The quantitative estimate of drug-likeness (QED) is 0.181. The highest BCUT2D eigenvalue weighted by Crippen LogP contribution is 2.20. The molecule has 1 aromatic heterocycles. The minimum absolute atomic E-state index is 0.322. The first-order valence-corrected chi connectivity index (χ1v) is 12.5. The van der Waals surface area contributed by atoms with Gasteiger partial charge in [0.2, 0.25) is 0 Å². The van der Waals surface area contributed by atoms with Crippen molar-refractivity contribution < 1.29 is 9.15 Å². The zero-order valence-electron chi connectivity index (χ0n) is 19.1. The molecular formula is C27H42O3. The number of hydrogen-bond donors (Lipinski definition) is 0. The predicted molar refractivity (Wildman–Crippen MR) is 128 cm³/mol.